The van der Waals surface area contributed by atoms with Crippen molar-refractivity contribution >= 4 is 0 Å². The summed E-state index contributed by atoms with van der Waals surface area (Å²) in [6, 6.07) is 5.21. The van der Waals surface area contributed by atoms with Crippen LogP contribution in [0.2, 0.25) is 0 Å². The molecule has 0 saturated heterocycles. The summed E-state index contributed by atoms with van der Waals surface area (Å²) in [4.78, 5) is 0. The molecule has 2 heteroatoms. The van der Waals surface area contributed by atoms with Crippen LogP contribution in [0.1, 0.15) is 83.1 Å². The summed E-state index contributed by atoms with van der Waals surface area (Å²) < 4.78 is 0. The van der Waals surface area contributed by atoms with Crippen molar-refractivity contribution in [3.8, 4) is 11.5 Å². The highest BCUT2D eigenvalue weighted by Gasteiger charge is 2.04. The minimum absolute atomic E-state index is 0.00811. The van der Waals surface area contributed by atoms with E-state index in [9.17, 15) is 10.2 Å². The van der Waals surface area contributed by atoms with Crippen molar-refractivity contribution in [2.45, 2.75) is 84.0 Å². The molecule has 0 aliphatic carbocycles. The van der Waals surface area contributed by atoms with Gasteiger partial charge in [-0.2, -0.15) is 0 Å². The van der Waals surface area contributed by atoms with Crippen LogP contribution >= 0.6 is 0 Å². The van der Waals surface area contributed by atoms with Crippen LogP contribution in [0.3, 0.4) is 0 Å². The van der Waals surface area contributed by atoms with Crippen LogP contribution in [0.5, 0.6) is 11.5 Å². The van der Waals surface area contributed by atoms with Gasteiger partial charge in [0, 0.05) is 0 Å². The molecule has 0 aliphatic heterocycles. The van der Waals surface area contributed by atoms with Crippen molar-refractivity contribution in [1.29, 1.82) is 0 Å². The number of phenols is 2. The lowest BCUT2D eigenvalue weighted by atomic mass is 10.0. The smallest absolute Gasteiger partial charge is 0.160 e. The fourth-order valence-electron chi connectivity index (χ4n) is 2.80. The zero-order valence-electron chi connectivity index (χ0n) is 14.8. The van der Waals surface area contributed by atoms with Crippen molar-refractivity contribution < 1.29 is 10.2 Å². The summed E-state index contributed by atoms with van der Waals surface area (Å²) in [5, 5.41) is 19.2. The molecule has 0 fully saturated rings. The first-order valence-electron chi connectivity index (χ1n) is 9.40. The third-order valence-electron chi connectivity index (χ3n) is 4.31. The van der Waals surface area contributed by atoms with Gasteiger partial charge in [0.2, 0.25) is 0 Å². The van der Waals surface area contributed by atoms with Crippen LogP contribution < -0.4 is 0 Å². The molecule has 0 atom stereocenters. The highest BCUT2D eigenvalue weighted by molar-refractivity contribution is 5.44. The number of allylic oxidation sites excluding steroid dienone is 2. The normalized spacial score (nSPS) is 11.3. The van der Waals surface area contributed by atoms with E-state index in [-0.39, 0.29) is 11.5 Å². The maximum absolute atomic E-state index is 9.73. The Hall–Kier alpha value is -1.44. The number of unbranched alkanes of at least 4 members (excludes halogenated alkanes) is 9. The minimum Gasteiger partial charge on any atom is -0.504 e. The second-order valence-corrected chi connectivity index (χ2v) is 6.41. The highest BCUT2D eigenvalue weighted by atomic mass is 16.3. The van der Waals surface area contributed by atoms with E-state index >= 15 is 0 Å². The maximum Gasteiger partial charge on any atom is 0.160 e. The van der Waals surface area contributed by atoms with Crippen LogP contribution in [0.15, 0.2) is 30.4 Å². The Bertz CT molecular complexity index is 437. The molecule has 2 N–H and O–H groups in total. The van der Waals surface area contributed by atoms with Gasteiger partial charge in [-0.05, 0) is 43.7 Å². The van der Waals surface area contributed by atoms with Crippen molar-refractivity contribution in [2.75, 3.05) is 0 Å². The molecule has 0 bridgehead atoms. The van der Waals surface area contributed by atoms with Gasteiger partial charge in [0.05, 0.1) is 0 Å². The first-order chi connectivity index (χ1) is 11.3. The largest absolute Gasteiger partial charge is 0.504 e. The van der Waals surface area contributed by atoms with E-state index in [4.69, 9.17) is 0 Å². The monoisotopic (exact) mass is 318 g/mol. The second kappa shape index (κ2) is 13.0. The first kappa shape index (κ1) is 19.6. The molecule has 23 heavy (non-hydrogen) atoms. The molecule has 0 saturated carbocycles. The Morgan fingerprint density at radius 2 is 1.39 bits per heavy atom. The molecular formula is C21H34O2. The Kier molecular flexibility index (Phi) is 11.1. The van der Waals surface area contributed by atoms with Gasteiger partial charge in [-0.25, -0.2) is 0 Å². The average molecular weight is 319 g/mol. The van der Waals surface area contributed by atoms with Gasteiger partial charge in [0.15, 0.2) is 11.5 Å². The first-order valence-corrected chi connectivity index (χ1v) is 9.40. The Morgan fingerprint density at radius 1 is 0.783 bits per heavy atom. The van der Waals surface area contributed by atoms with Crippen molar-refractivity contribution in [1.82, 2.24) is 0 Å². The van der Waals surface area contributed by atoms with Gasteiger partial charge in [0.25, 0.3) is 0 Å². The minimum atomic E-state index is -0.00811. The zero-order valence-corrected chi connectivity index (χ0v) is 14.8. The van der Waals surface area contributed by atoms with Crippen LogP contribution in [0.4, 0.5) is 0 Å². The Balaban J connectivity index is 1.92. The standard InChI is InChI=1S/C21H34O2/c1-2-3-4-5-6-7-8-9-10-11-12-13-14-16-19-17-15-18-20(22)21(19)23/h5-6,15,17-18,22-23H,2-4,7-14,16H2,1H3. The molecule has 2 nitrogen and oxygen atoms in total. The van der Waals surface area contributed by atoms with Gasteiger partial charge < -0.3 is 10.2 Å². The molecule has 0 amide bonds. The molecule has 0 heterocycles. The number of para-hydroxylation sites is 1. The quantitative estimate of drug-likeness (QED) is 0.247. The second-order valence-electron chi connectivity index (χ2n) is 6.41. The number of aryl methyl sites for hydroxylation is 1. The maximum atomic E-state index is 9.73. The van der Waals surface area contributed by atoms with E-state index < -0.39 is 0 Å². The Labute approximate surface area is 142 Å². The molecular weight excluding hydrogens is 284 g/mol. The van der Waals surface area contributed by atoms with Gasteiger partial charge >= 0.3 is 0 Å². The van der Waals surface area contributed by atoms with E-state index in [1.807, 2.05) is 6.07 Å². The number of hydrogen-bond donors (Lipinski definition) is 2. The van der Waals surface area contributed by atoms with Crippen LogP contribution in [-0.4, -0.2) is 10.2 Å². The molecule has 1 aromatic rings. The van der Waals surface area contributed by atoms with Gasteiger partial charge in [-0.3, -0.25) is 0 Å². The van der Waals surface area contributed by atoms with E-state index in [0.29, 0.717) is 0 Å². The molecule has 0 spiro atoms. The fraction of sp³-hybridized carbons (Fsp3) is 0.619. The lowest BCUT2D eigenvalue weighted by Gasteiger charge is -2.06. The topological polar surface area (TPSA) is 40.5 Å². The molecule has 0 aromatic heterocycles. The third-order valence-corrected chi connectivity index (χ3v) is 4.31. The SMILES string of the molecule is CCCCC=CCCCCCCCCCc1cccc(O)c1O. The predicted octanol–water partition coefficient (Wildman–Crippen LogP) is 6.51. The lowest BCUT2D eigenvalue weighted by Crippen LogP contribution is -1.87. The molecule has 130 valence electrons. The highest BCUT2D eigenvalue weighted by Crippen LogP contribution is 2.29. The van der Waals surface area contributed by atoms with Crippen molar-refractivity contribution in [2.24, 2.45) is 0 Å². The summed E-state index contributed by atoms with van der Waals surface area (Å²) in [5.74, 6) is 0.0470. The van der Waals surface area contributed by atoms with Crippen LogP contribution in [0.25, 0.3) is 0 Å². The summed E-state index contributed by atoms with van der Waals surface area (Å²) >= 11 is 0. The van der Waals surface area contributed by atoms with Crippen LogP contribution in [-0.2, 0) is 6.42 Å². The summed E-state index contributed by atoms with van der Waals surface area (Å²) in [5.41, 5.74) is 0.861. The molecule has 0 radical (unpaired) electrons. The predicted molar refractivity (Wildman–Crippen MR) is 99.1 cm³/mol. The van der Waals surface area contributed by atoms with Crippen molar-refractivity contribution in [3.63, 3.8) is 0 Å². The van der Waals surface area contributed by atoms with E-state index in [1.54, 1.807) is 6.07 Å². The lowest BCUT2D eigenvalue weighted by molar-refractivity contribution is 0.398. The van der Waals surface area contributed by atoms with Crippen LogP contribution in [0, 0.1) is 0 Å². The number of aromatic hydroxyl groups is 2. The van der Waals surface area contributed by atoms with Gasteiger partial charge in [-0.1, -0.05) is 76.2 Å². The van der Waals surface area contributed by atoms with E-state index in [2.05, 4.69) is 19.1 Å². The third kappa shape index (κ3) is 9.32. The fourth-order valence-corrected chi connectivity index (χ4v) is 2.80. The number of hydrogen-bond acceptors (Lipinski definition) is 2. The Morgan fingerprint density at radius 3 is 2.09 bits per heavy atom. The summed E-state index contributed by atoms with van der Waals surface area (Å²) in [6.07, 6.45) is 19.5. The number of rotatable bonds is 13. The molecule has 0 unspecified atom stereocenters. The van der Waals surface area contributed by atoms with Gasteiger partial charge in [0.1, 0.15) is 0 Å². The van der Waals surface area contributed by atoms with E-state index in [0.717, 1.165) is 18.4 Å². The summed E-state index contributed by atoms with van der Waals surface area (Å²) in [6.45, 7) is 2.24. The molecule has 0 aliphatic rings. The van der Waals surface area contributed by atoms with Gasteiger partial charge in [-0.15, -0.1) is 0 Å². The molecule has 1 rings (SSSR count). The summed E-state index contributed by atoms with van der Waals surface area (Å²) in [7, 11) is 0. The van der Waals surface area contributed by atoms with E-state index in [1.165, 1.54) is 70.3 Å². The number of phenolic OH excluding ortho intramolecular Hbond substituents is 2. The average Bonchev–Trinajstić information content (AvgIpc) is 2.55. The zero-order chi connectivity index (χ0) is 16.8. The van der Waals surface area contributed by atoms with Crippen molar-refractivity contribution in [3.05, 3.63) is 35.9 Å². The molecule has 1 aromatic carbocycles. The number of benzene rings is 1.